The van der Waals surface area contributed by atoms with E-state index in [4.69, 9.17) is 4.74 Å². The van der Waals surface area contributed by atoms with Crippen molar-refractivity contribution in [3.05, 3.63) is 0 Å². The lowest BCUT2D eigenvalue weighted by Crippen LogP contribution is -3.00. The van der Waals surface area contributed by atoms with Crippen LogP contribution in [0.2, 0.25) is 0 Å². The van der Waals surface area contributed by atoms with Crippen molar-refractivity contribution in [3.63, 3.8) is 0 Å². The van der Waals surface area contributed by atoms with Gasteiger partial charge in [-0.15, -0.1) is 0 Å². The molecule has 0 aliphatic rings. The molecule has 0 aliphatic carbocycles. The summed E-state index contributed by atoms with van der Waals surface area (Å²) in [6.45, 7) is 12.3. The third kappa shape index (κ3) is 18.5. The van der Waals surface area contributed by atoms with Crippen LogP contribution in [0.4, 0.5) is 0 Å². The number of unbranched alkanes of at least 4 members (excludes halogenated alkanes) is 5. The predicted molar refractivity (Wildman–Crippen MR) is 104 cm³/mol. The van der Waals surface area contributed by atoms with Crippen molar-refractivity contribution in [2.45, 2.75) is 91.9 Å². The van der Waals surface area contributed by atoms with E-state index < -0.39 is 0 Å². The molecule has 0 fully saturated rings. The zero-order valence-corrected chi connectivity index (χ0v) is 18.3. The van der Waals surface area contributed by atoms with Gasteiger partial charge in [-0.1, -0.05) is 72.6 Å². The number of rotatable bonds is 16. The first-order valence-corrected chi connectivity index (χ1v) is 10.3. The van der Waals surface area contributed by atoms with Gasteiger partial charge in [0.1, 0.15) is 0 Å². The maximum Gasteiger partial charge on any atom is 0.182 e. The molecular weight excluding hydrogens is 318 g/mol. The highest BCUT2D eigenvalue weighted by Crippen LogP contribution is 2.15. The molecular formula is C21H46ClNO. The van der Waals surface area contributed by atoms with Crippen molar-refractivity contribution in [1.29, 1.82) is 0 Å². The first-order chi connectivity index (χ1) is 10.9. The predicted octanol–water partition coefficient (Wildman–Crippen LogP) is 3.25. The normalized spacial score (nSPS) is 13.1. The molecule has 1 unspecified atom stereocenters. The van der Waals surface area contributed by atoms with Crippen molar-refractivity contribution < 1.29 is 21.6 Å². The fourth-order valence-corrected chi connectivity index (χ4v) is 3.00. The van der Waals surface area contributed by atoms with Gasteiger partial charge in [-0.05, 0) is 31.1 Å². The highest BCUT2D eigenvalue weighted by Gasteiger charge is 2.14. The van der Waals surface area contributed by atoms with Crippen LogP contribution in [0.15, 0.2) is 0 Å². The quantitative estimate of drug-likeness (QED) is 0.232. The number of ether oxygens (including phenoxy) is 1. The van der Waals surface area contributed by atoms with Gasteiger partial charge in [0.2, 0.25) is 0 Å². The molecule has 0 saturated carbocycles. The minimum absolute atomic E-state index is 0. The average Bonchev–Trinajstić information content (AvgIpc) is 2.47. The molecule has 0 radical (unpaired) electrons. The number of hydrogen-bond donors (Lipinski definition) is 0. The molecule has 0 spiro atoms. The van der Waals surface area contributed by atoms with Crippen molar-refractivity contribution >= 4 is 0 Å². The van der Waals surface area contributed by atoms with Gasteiger partial charge in [0.05, 0.1) is 27.2 Å². The van der Waals surface area contributed by atoms with E-state index in [0.717, 1.165) is 29.7 Å². The first kappa shape index (κ1) is 26.4. The van der Waals surface area contributed by atoms with Gasteiger partial charge in [0.25, 0.3) is 0 Å². The Kier molecular flexibility index (Phi) is 18.4. The molecule has 0 aromatic rings. The molecule has 0 aromatic carbocycles. The van der Waals surface area contributed by atoms with E-state index in [1.54, 1.807) is 0 Å². The van der Waals surface area contributed by atoms with E-state index in [0.29, 0.717) is 0 Å². The SMILES string of the molecule is CCCCCCCC[N+](C)(C)COCCC(C)CCCC(C)C.[Cl-]. The molecule has 0 saturated heterocycles. The molecule has 0 rings (SSSR count). The second-order valence-electron chi connectivity index (χ2n) is 8.68. The third-order valence-corrected chi connectivity index (χ3v) is 4.79. The van der Waals surface area contributed by atoms with E-state index in [2.05, 4.69) is 41.8 Å². The summed E-state index contributed by atoms with van der Waals surface area (Å²) in [6.07, 6.45) is 13.6. The standard InChI is InChI=1S/C21H46NO.ClH/c1-7-8-9-10-11-12-17-22(5,6)19-23-18-16-21(4)15-13-14-20(2)3;/h20-21H,7-19H2,1-6H3;1H/q+1;/p-1. The van der Waals surface area contributed by atoms with Crippen LogP contribution in [0, 0.1) is 11.8 Å². The van der Waals surface area contributed by atoms with Gasteiger partial charge < -0.3 is 21.6 Å². The van der Waals surface area contributed by atoms with E-state index in [-0.39, 0.29) is 12.4 Å². The van der Waals surface area contributed by atoms with Gasteiger partial charge >= 0.3 is 0 Å². The summed E-state index contributed by atoms with van der Waals surface area (Å²) in [4.78, 5) is 0. The minimum Gasteiger partial charge on any atom is -1.00 e. The van der Waals surface area contributed by atoms with Crippen LogP contribution in [-0.4, -0.2) is 38.5 Å². The van der Waals surface area contributed by atoms with Crippen LogP contribution < -0.4 is 12.4 Å². The van der Waals surface area contributed by atoms with E-state index in [9.17, 15) is 0 Å². The van der Waals surface area contributed by atoms with Gasteiger partial charge in [0, 0.05) is 0 Å². The van der Waals surface area contributed by atoms with Crippen molar-refractivity contribution in [2.24, 2.45) is 11.8 Å². The fraction of sp³-hybridized carbons (Fsp3) is 1.00. The molecule has 0 amide bonds. The lowest BCUT2D eigenvalue weighted by Gasteiger charge is -2.29. The highest BCUT2D eigenvalue weighted by molar-refractivity contribution is 4.54. The van der Waals surface area contributed by atoms with Crippen LogP contribution in [0.3, 0.4) is 0 Å². The first-order valence-electron chi connectivity index (χ1n) is 10.3. The lowest BCUT2D eigenvalue weighted by molar-refractivity contribution is -0.910. The Morgan fingerprint density at radius 3 is 2.04 bits per heavy atom. The maximum atomic E-state index is 5.96. The largest absolute Gasteiger partial charge is 1.00 e. The Morgan fingerprint density at radius 1 is 0.792 bits per heavy atom. The molecule has 24 heavy (non-hydrogen) atoms. The van der Waals surface area contributed by atoms with E-state index in [1.165, 1.54) is 70.8 Å². The summed E-state index contributed by atoms with van der Waals surface area (Å²) >= 11 is 0. The monoisotopic (exact) mass is 363 g/mol. The van der Waals surface area contributed by atoms with Crippen LogP contribution >= 0.6 is 0 Å². The van der Waals surface area contributed by atoms with Gasteiger partial charge in [-0.3, -0.25) is 0 Å². The van der Waals surface area contributed by atoms with Crippen LogP contribution in [0.1, 0.15) is 91.9 Å². The Hall–Kier alpha value is 0.210. The van der Waals surface area contributed by atoms with Crippen LogP contribution in [0.5, 0.6) is 0 Å². The summed E-state index contributed by atoms with van der Waals surface area (Å²) in [5.41, 5.74) is 0. The summed E-state index contributed by atoms with van der Waals surface area (Å²) in [5, 5.41) is 0. The molecule has 3 heteroatoms. The van der Waals surface area contributed by atoms with Gasteiger partial charge in [0.15, 0.2) is 6.73 Å². The van der Waals surface area contributed by atoms with Crippen molar-refractivity contribution in [1.82, 2.24) is 0 Å². The van der Waals surface area contributed by atoms with E-state index >= 15 is 0 Å². The second kappa shape index (κ2) is 16.7. The zero-order valence-electron chi connectivity index (χ0n) is 17.6. The number of quaternary nitrogens is 1. The zero-order chi connectivity index (χ0) is 17.6. The maximum absolute atomic E-state index is 5.96. The molecule has 0 aromatic heterocycles. The van der Waals surface area contributed by atoms with Crippen LogP contribution in [-0.2, 0) is 4.74 Å². The van der Waals surface area contributed by atoms with E-state index in [1.807, 2.05) is 0 Å². The van der Waals surface area contributed by atoms with Crippen molar-refractivity contribution in [2.75, 3.05) is 34.0 Å². The topological polar surface area (TPSA) is 9.23 Å². The van der Waals surface area contributed by atoms with Crippen LogP contribution in [0.25, 0.3) is 0 Å². The Bertz CT molecular complexity index is 256. The Labute approximate surface area is 159 Å². The molecule has 0 bridgehead atoms. The summed E-state index contributed by atoms with van der Waals surface area (Å²) in [5.74, 6) is 1.65. The number of hydrogen-bond acceptors (Lipinski definition) is 1. The minimum atomic E-state index is 0. The number of nitrogens with zero attached hydrogens (tertiary/aromatic N) is 1. The number of halogens is 1. The molecule has 0 heterocycles. The Balaban J connectivity index is 0. The average molecular weight is 364 g/mol. The second-order valence-corrected chi connectivity index (χ2v) is 8.68. The third-order valence-electron chi connectivity index (χ3n) is 4.79. The molecule has 0 N–H and O–H groups in total. The molecule has 148 valence electrons. The summed E-state index contributed by atoms with van der Waals surface area (Å²) < 4.78 is 6.97. The van der Waals surface area contributed by atoms with Crippen molar-refractivity contribution in [3.8, 4) is 0 Å². The molecule has 1 atom stereocenters. The lowest BCUT2D eigenvalue weighted by atomic mass is 9.98. The Morgan fingerprint density at radius 2 is 1.42 bits per heavy atom. The smallest absolute Gasteiger partial charge is 0.182 e. The fourth-order valence-electron chi connectivity index (χ4n) is 3.00. The molecule has 0 aliphatic heterocycles. The summed E-state index contributed by atoms with van der Waals surface area (Å²) in [7, 11) is 4.61. The van der Waals surface area contributed by atoms with Gasteiger partial charge in [-0.2, -0.15) is 0 Å². The summed E-state index contributed by atoms with van der Waals surface area (Å²) in [6, 6.07) is 0. The highest BCUT2D eigenvalue weighted by atomic mass is 35.5. The molecule has 2 nitrogen and oxygen atoms in total. The van der Waals surface area contributed by atoms with Gasteiger partial charge in [-0.25, -0.2) is 0 Å².